The van der Waals surface area contributed by atoms with E-state index in [2.05, 4.69) is 69.4 Å². The lowest BCUT2D eigenvalue weighted by Crippen LogP contribution is -2.38. The van der Waals surface area contributed by atoms with Gasteiger partial charge in [0.25, 0.3) is 0 Å². The molecule has 0 fully saturated rings. The molecule has 0 amide bonds. The second-order valence-electron chi connectivity index (χ2n) is 6.15. The zero-order valence-corrected chi connectivity index (χ0v) is 16.3. The van der Waals surface area contributed by atoms with Crippen LogP contribution >= 0.6 is 11.3 Å². The first-order valence-electron chi connectivity index (χ1n) is 8.76. The molecule has 2 heterocycles. The Bertz CT molecular complexity index is 864. The minimum Gasteiger partial charge on any atom is -0.356 e. The van der Waals surface area contributed by atoms with Gasteiger partial charge in [0, 0.05) is 30.7 Å². The summed E-state index contributed by atoms with van der Waals surface area (Å²) < 4.78 is 2.00. The number of benzene rings is 1. The summed E-state index contributed by atoms with van der Waals surface area (Å²) in [5.41, 5.74) is 4.43. The fourth-order valence-electron chi connectivity index (χ4n) is 2.90. The van der Waals surface area contributed by atoms with Crippen molar-refractivity contribution in [2.45, 2.75) is 26.8 Å². The van der Waals surface area contributed by atoms with Crippen LogP contribution in [0.1, 0.15) is 21.8 Å². The van der Waals surface area contributed by atoms with Crippen LogP contribution in [-0.2, 0) is 13.0 Å². The van der Waals surface area contributed by atoms with E-state index in [1.54, 1.807) is 18.4 Å². The van der Waals surface area contributed by atoms with E-state index in [-0.39, 0.29) is 0 Å². The van der Waals surface area contributed by atoms with Crippen molar-refractivity contribution in [1.29, 1.82) is 0 Å². The number of nitrogens with zero attached hydrogens (tertiary/aromatic N) is 3. The number of aliphatic imine (C=N–C) groups is 1. The Kier molecular flexibility index (Phi) is 6.07. The van der Waals surface area contributed by atoms with Crippen molar-refractivity contribution < 1.29 is 0 Å². The van der Waals surface area contributed by atoms with Crippen LogP contribution in [0.3, 0.4) is 0 Å². The van der Waals surface area contributed by atoms with E-state index in [0.717, 1.165) is 36.0 Å². The average Bonchev–Trinajstić information content (AvgIpc) is 3.27. The van der Waals surface area contributed by atoms with Crippen molar-refractivity contribution in [2.24, 2.45) is 4.99 Å². The van der Waals surface area contributed by atoms with E-state index in [1.807, 2.05) is 17.7 Å². The molecule has 1 aromatic carbocycles. The van der Waals surface area contributed by atoms with E-state index in [4.69, 9.17) is 0 Å². The molecule has 0 bridgehead atoms. The molecule has 0 radical (unpaired) electrons. The Labute approximate surface area is 158 Å². The van der Waals surface area contributed by atoms with E-state index in [9.17, 15) is 0 Å². The molecule has 0 aliphatic heterocycles. The third-order valence-corrected chi connectivity index (χ3v) is 5.08. The second-order valence-corrected chi connectivity index (χ2v) is 7.18. The normalized spacial score (nSPS) is 11.6. The van der Waals surface area contributed by atoms with Gasteiger partial charge in [-0.15, -0.1) is 11.3 Å². The molecule has 0 spiro atoms. The van der Waals surface area contributed by atoms with Gasteiger partial charge in [0.15, 0.2) is 5.96 Å². The minimum absolute atomic E-state index is 0.688. The maximum absolute atomic E-state index is 4.61. The van der Waals surface area contributed by atoms with Gasteiger partial charge in [-0.1, -0.05) is 24.3 Å². The van der Waals surface area contributed by atoms with Crippen LogP contribution < -0.4 is 10.6 Å². The Morgan fingerprint density at radius 2 is 2.00 bits per heavy atom. The number of thiophene rings is 1. The number of guanidine groups is 1. The summed E-state index contributed by atoms with van der Waals surface area (Å²) in [4.78, 5) is 5.70. The lowest BCUT2D eigenvalue weighted by molar-refractivity contribution is 0.777. The van der Waals surface area contributed by atoms with E-state index in [1.165, 1.54) is 10.4 Å². The van der Waals surface area contributed by atoms with E-state index < -0.39 is 0 Å². The first-order chi connectivity index (χ1) is 12.7. The highest BCUT2D eigenvalue weighted by atomic mass is 32.1. The molecule has 0 saturated heterocycles. The molecular weight excluding hydrogens is 342 g/mol. The topological polar surface area (TPSA) is 54.2 Å². The third-order valence-electron chi connectivity index (χ3n) is 4.14. The smallest absolute Gasteiger partial charge is 0.191 e. The van der Waals surface area contributed by atoms with Crippen LogP contribution in [0.5, 0.6) is 0 Å². The molecule has 3 aromatic rings. The summed E-state index contributed by atoms with van der Waals surface area (Å²) in [6.45, 7) is 5.64. The highest BCUT2D eigenvalue weighted by Gasteiger charge is 2.09. The number of hydrogen-bond donors (Lipinski definition) is 2. The number of aromatic nitrogens is 2. The second kappa shape index (κ2) is 8.67. The summed E-state index contributed by atoms with van der Waals surface area (Å²) in [5, 5.41) is 13.5. The highest BCUT2D eigenvalue weighted by Crippen LogP contribution is 2.16. The fourth-order valence-corrected chi connectivity index (χ4v) is 3.61. The molecule has 0 atom stereocenters. The number of rotatable bonds is 6. The van der Waals surface area contributed by atoms with E-state index in [0.29, 0.717) is 6.54 Å². The van der Waals surface area contributed by atoms with Gasteiger partial charge in [-0.05, 0) is 49.4 Å². The van der Waals surface area contributed by atoms with Gasteiger partial charge >= 0.3 is 0 Å². The molecule has 3 rings (SSSR count). The molecule has 0 unspecified atom stereocenters. The number of aryl methyl sites for hydroxylation is 2. The van der Waals surface area contributed by atoms with Gasteiger partial charge in [0.2, 0.25) is 0 Å². The van der Waals surface area contributed by atoms with Crippen LogP contribution in [0.25, 0.3) is 5.69 Å². The van der Waals surface area contributed by atoms with Crippen LogP contribution in [0.15, 0.2) is 52.8 Å². The first kappa shape index (κ1) is 18.2. The van der Waals surface area contributed by atoms with Gasteiger partial charge in [-0.3, -0.25) is 4.99 Å². The summed E-state index contributed by atoms with van der Waals surface area (Å²) in [7, 11) is 1.80. The van der Waals surface area contributed by atoms with Crippen molar-refractivity contribution in [2.75, 3.05) is 13.6 Å². The maximum atomic E-state index is 4.61. The highest BCUT2D eigenvalue weighted by molar-refractivity contribution is 7.09. The van der Waals surface area contributed by atoms with Crippen LogP contribution in [-0.4, -0.2) is 29.3 Å². The van der Waals surface area contributed by atoms with Crippen molar-refractivity contribution in [3.05, 3.63) is 69.7 Å². The predicted octanol–water partition coefficient (Wildman–Crippen LogP) is 3.46. The van der Waals surface area contributed by atoms with Crippen LogP contribution in [0, 0.1) is 13.8 Å². The summed E-state index contributed by atoms with van der Waals surface area (Å²) in [5.74, 6) is 0.810. The molecule has 0 aliphatic carbocycles. The number of para-hydroxylation sites is 1. The fraction of sp³-hybridized carbons (Fsp3) is 0.300. The largest absolute Gasteiger partial charge is 0.356 e. The quantitative estimate of drug-likeness (QED) is 0.518. The number of nitrogens with one attached hydrogen (secondary N) is 2. The van der Waals surface area contributed by atoms with Gasteiger partial charge < -0.3 is 10.6 Å². The van der Waals surface area contributed by atoms with Crippen molar-refractivity contribution in [3.8, 4) is 5.69 Å². The Morgan fingerprint density at radius 3 is 2.69 bits per heavy atom. The molecule has 2 aromatic heterocycles. The summed E-state index contributed by atoms with van der Waals surface area (Å²) >= 11 is 1.79. The molecular formula is C20H25N5S. The van der Waals surface area contributed by atoms with Crippen molar-refractivity contribution >= 4 is 17.3 Å². The standard InChI is InChI=1S/C20H25N5S/c1-15-13-16(2)25(24-15)19-9-5-4-7-17(19)14-23-20(21-3)22-11-10-18-8-6-12-26-18/h4-9,12-13H,10-11,14H2,1-3H3,(H2,21,22,23). The average molecular weight is 368 g/mol. The van der Waals surface area contributed by atoms with Gasteiger partial charge in [-0.25, -0.2) is 4.68 Å². The van der Waals surface area contributed by atoms with Crippen molar-refractivity contribution in [1.82, 2.24) is 20.4 Å². The Balaban J connectivity index is 1.62. The third kappa shape index (κ3) is 4.52. The number of hydrogen-bond acceptors (Lipinski definition) is 3. The molecule has 2 N–H and O–H groups in total. The van der Waals surface area contributed by atoms with Gasteiger partial charge in [0.1, 0.15) is 0 Å². The first-order valence-corrected chi connectivity index (χ1v) is 9.64. The summed E-state index contributed by atoms with van der Waals surface area (Å²) in [6.07, 6.45) is 1.00. The SMILES string of the molecule is CN=C(NCCc1cccs1)NCc1ccccc1-n1nc(C)cc1C. The van der Waals surface area contributed by atoms with Gasteiger partial charge in [0.05, 0.1) is 11.4 Å². The maximum Gasteiger partial charge on any atom is 0.191 e. The zero-order valence-electron chi connectivity index (χ0n) is 15.5. The monoisotopic (exact) mass is 367 g/mol. The van der Waals surface area contributed by atoms with Crippen LogP contribution in [0.4, 0.5) is 0 Å². The van der Waals surface area contributed by atoms with E-state index >= 15 is 0 Å². The minimum atomic E-state index is 0.688. The molecule has 26 heavy (non-hydrogen) atoms. The predicted molar refractivity (Wildman–Crippen MR) is 109 cm³/mol. The summed E-state index contributed by atoms with van der Waals surface area (Å²) in [6, 6.07) is 14.7. The lowest BCUT2D eigenvalue weighted by atomic mass is 10.1. The molecule has 0 saturated carbocycles. The van der Waals surface area contributed by atoms with Crippen molar-refractivity contribution in [3.63, 3.8) is 0 Å². The zero-order chi connectivity index (χ0) is 18.4. The van der Waals surface area contributed by atoms with Crippen LogP contribution in [0.2, 0.25) is 0 Å². The molecule has 136 valence electrons. The Morgan fingerprint density at radius 1 is 1.15 bits per heavy atom. The molecule has 5 nitrogen and oxygen atoms in total. The van der Waals surface area contributed by atoms with Gasteiger partial charge in [-0.2, -0.15) is 5.10 Å². The lowest BCUT2D eigenvalue weighted by Gasteiger charge is -2.15. The molecule has 0 aliphatic rings. The Hall–Kier alpha value is -2.60. The molecule has 6 heteroatoms.